The van der Waals surface area contributed by atoms with E-state index in [-0.39, 0.29) is 17.1 Å². The Morgan fingerprint density at radius 2 is 1.83 bits per heavy atom. The second-order valence-electron chi connectivity index (χ2n) is 5.43. The van der Waals surface area contributed by atoms with E-state index in [1.807, 2.05) is 18.2 Å². The maximum Gasteiger partial charge on any atom is 0.234 e. The molecule has 0 aliphatic carbocycles. The largest absolute Gasteiger partial charge is 0.493 e. The molecule has 1 atom stereocenters. The van der Waals surface area contributed by atoms with Gasteiger partial charge in [-0.1, -0.05) is 18.2 Å². The van der Waals surface area contributed by atoms with Crippen molar-refractivity contribution in [1.29, 1.82) is 0 Å². The van der Waals surface area contributed by atoms with Gasteiger partial charge in [0.1, 0.15) is 11.2 Å². The molecule has 0 radical (unpaired) electrons. The molecular formula is C18H18FNO3S. The zero-order chi connectivity index (χ0) is 17.1. The molecule has 0 saturated carbocycles. The Morgan fingerprint density at radius 3 is 2.50 bits per heavy atom. The summed E-state index contributed by atoms with van der Waals surface area (Å²) in [7, 11) is 3.18. The molecule has 3 rings (SSSR count). The molecule has 0 N–H and O–H groups in total. The lowest BCUT2D eigenvalue weighted by Gasteiger charge is -2.25. The number of carbonyl (C=O) groups excluding carboxylic acids is 1. The SMILES string of the molecule is COc1ccc(C2SCC(=O)N2Cc2ccc(F)cc2)cc1OC. The summed E-state index contributed by atoms with van der Waals surface area (Å²) in [5.41, 5.74) is 1.88. The van der Waals surface area contributed by atoms with E-state index < -0.39 is 0 Å². The smallest absolute Gasteiger partial charge is 0.234 e. The van der Waals surface area contributed by atoms with E-state index in [0.717, 1.165) is 11.1 Å². The van der Waals surface area contributed by atoms with Gasteiger partial charge in [-0.25, -0.2) is 4.39 Å². The highest BCUT2D eigenvalue weighted by Gasteiger charge is 2.33. The summed E-state index contributed by atoms with van der Waals surface area (Å²) in [5, 5.41) is -0.0950. The van der Waals surface area contributed by atoms with Crippen molar-refractivity contribution >= 4 is 17.7 Å². The van der Waals surface area contributed by atoms with E-state index in [4.69, 9.17) is 9.47 Å². The van der Waals surface area contributed by atoms with Crippen molar-refractivity contribution in [1.82, 2.24) is 4.90 Å². The van der Waals surface area contributed by atoms with Gasteiger partial charge in [-0.15, -0.1) is 11.8 Å². The van der Waals surface area contributed by atoms with Crippen LogP contribution in [-0.2, 0) is 11.3 Å². The highest BCUT2D eigenvalue weighted by atomic mass is 32.2. The van der Waals surface area contributed by atoms with Gasteiger partial charge in [0, 0.05) is 6.54 Å². The number of thioether (sulfide) groups is 1. The maximum atomic E-state index is 13.1. The summed E-state index contributed by atoms with van der Waals surface area (Å²) in [4.78, 5) is 14.1. The van der Waals surface area contributed by atoms with Crippen LogP contribution in [0.4, 0.5) is 4.39 Å². The highest BCUT2D eigenvalue weighted by Crippen LogP contribution is 2.42. The third-order valence-electron chi connectivity index (χ3n) is 3.93. The molecule has 1 heterocycles. The number of methoxy groups -OCH3 is 2. The molecule has 1 aliphatic rings. The van der Waals surface area contributed by atoms with E-state index in [2.05, 4.69) is 0 Å². The molecule has 0 spiro atoms. The normalized spacial score (nSPS) is 17.2. The first-order valence-electron chi connectivity index (χ1n) is 7.50. The van der Waals surface area contributed by atoms with Crippen LogP contribution in [0.5, 0.6) is 11.5 Å². The number of halogens is 1. The summed E-state index contributed by atoms with van der Waals surface area (Å²) >= 11 is 1.57. The van der Waals surface area contributed by atoms with Crippen LogP contribution in [0.2, 0.25) is 0 Å². The maximum absolute atomic E-state index is 13.1. The molecule has 6 heteroatoms. The van der Waals surface area contributed by atoms with Gasteiger partial charge in [0.15, 0.2) is 11.5 Å². The van der Waals surface area contributed by atoms with E-state index in [0.29, 0.717) is 23.8 Å². The number of rotatable bonds is 5. The van der Waals surface area contributed by atoms with Gasteiger partial charge in [0.2, 0.25) is 5.91 Å². The van der Waals surface area contributed by atoms with Crippen molar-refractivity contribution in [3.63, 3.8) is 0 Å². The average Bonchev–Trinajstić information content (AvgIpc) is 2.97. The van der Waals surface area contributed by atoms with Gasteiger partial charge < -0.3 is 14.4 Å². The number of ether oxygens (including phenoxy) is 2. The highest BCUT2D eigenvalue weighted by molar-refractivity contribution is 8.00. The molecule has 4 nitrogen and oxygen atoms in total. The number of benzene rings is 2. The van der Waals surface area contributed by atoms with Crippen molar-refractivity contribution in [3.05, 3.63) is 59.4 Å². The van der Waals surface area contributed by atoms with Crippen molar-refractivity contribution < 1.29 is 18.7 Å². The third-order valence-corrected chi connectivity index (χ3v) is 5.18. The molecule has 2 aromatic carbocycles. The second-order valence-corrected chi connectivity index (χ2v) is 6.49. The topological polar surface area (TPSA) is 38.8 Å². The van der Waals surface area contributed by atoms with Gasteiger partial charge in [-0.05, 0) is 35.4 Å². The van der Waals surface area contributed by atoms with Crippen LogP contribution in [-0.4, -0.2) is 30.8 Å². The van der Waals surface area contributed by atoms with E-state index in [1.54, 1.807) is 43.0 Å². The van der Waals surface area contributed by atoms with Crippen LogP contribution in [0.1, 0.15) is 16.5 Å². The monoisotopic (exact) mass is 347 g/mol. The summed E-state index contributed by atoms with van der Waals surface area (Å²) in [5.74, 6) is 1.51. The van der Waals surface area contributed by atoms with Crippen LogP contribution in [0.15, 0.2) is 42.5 Å². The fourth-order valence-electron chi connectivity index (χ4n) is 2.69. The minimum absolute atomic E-state index is 0.0732. The van der Waals surface area contributed by atoms with Crippen LogP contribution in [0, 0.1) is 5.82 Å². The average molecular weight is 347 g/mol. The summed E-state index contributed by atoms with van der Waals surface area (Å²) in [6, 6.07) is 11.9. The molecule has 1 amide bonds. The number of amides is 1. The quantitative estimate of drug-likeness (QED) is 0.828. The second kappa shape index (κ2) is 7.13. The molecule has 1 saturated heterocycles. The van der Waals surface area contributed by atoms with Gasteiger partial charge in [-0.2, -0.15) is 0 Å². The summed E-state index contributed by atoms with van der Waals surface area (Å²) in [6.07, 6.45) is 0. The van der Waals surface area contributed by atoms with Crippen molar-refractivity contribution in [2.24, 2.45) is 0 Å². The van der Waals surface area contributed by atoms with Crippen molar-refractivity contribution in [3.8, 4) is 11.5 Å². The fourth-order valence-corrected chi connectivity index (χ4v) is 3.87. The summed E-state index contributed by atoms with van der Waals surface area (Å²) in [6.45, 7) is 0.450. The predicted octanol–water partition coefficient (Wildman–Crippen LogP) is 3.62. The fraction of sp³-hybridized carbons (Fsp3) is 0.278. The van der Waals surface area contributed by atoms with Gasteiger partial charge >= 0.3 is 0 Å². The van der Waals surface area contributed by atoms with Crippen LogP contribution >= 0.6 is 11.8 Å². The van der Waals surface area contributed by atoms with E-state index in [1.165, 1.54) is 12.1 Å². The molecule has 0 aromatic heterocycles. The number of nitrogens with zero attached hydrogens (tertiary/aromatic N) is 1. The number of hydrogen-bond donors (Lipinski definition) is 0. The molecule has 1 fully saturated rings. The Bertz CT molecular complexity index is 736. The minimum atomic E-state index is -0.280. The molecule has 0 bridgehead atoms. The number of hydrogen-bond acceptors (Lipinski definition) is 4. The molecule has 1 aliphatic heterocycles. The first kappa shape index (κ1) is 16.6. The first-order chi connectivity index (χ1) is 11.6. The van der Waals surface area contributed by atoms with E-state index >= 15 is 0 Å². The Morgan fingerprint density at radius 1 is 1.12 bits per heavy atom. The van der Waals surface area contributed by atoms with Crippen LogP contribution in [0.3, 0.4) is 0 Å². The molecule has 2 aromatic rings. The molecule has 126 valence electrons. The standard InChI is InChI=1S/C18H18FNO3S/c1-22-15-8-5-13(9-16(15)23-2)18-20(17(21)11-24-18)10-12-3-6-14(19)7-4-12/h3-9,18H,10-11H2,1-2H3. The Kier molecular flexibility index (Phi) is 4.94. The zero-order valence-electron chi connectivity index (χ0n) is 13.5. The van der Waals surface area contributed by atoms with Crippen LogP contribution < -0.4 is 9.47 Å². The summed E-state index contributed by atoms with van der Waals surface area (Å²) < 4.78 is 23.7. The van der Waals surface area contributed by atoms with E-state index in [9.17, 15) is 9.18 Å². The molecule has 1 unspecified atom stereocenters. The van der Waals surface area contributed by atoms with Gasteiger partial charge in [-0.3, -0.25) is 4.79 Å². The lowest BCUT2D eigenvalue weighted by atomic mass is 10.1. The Balaban J connectivity index is 1.86. The van der Waals surface area contributed by atoms with Crippen molar-refractivity contribution in [2.75, 3.05) is 20.0 Å². The molecular weight excluding hydrogens is 329 g/mol. The minimum Gasteiger partial charge on any atom is -0.493 e. The molecule has 24 heavy (non-hydrogen) atoms. The third kappa shape index (κ3) is 3.33. The predicted molar refractivity (Wildman–Crippen MR) is 91.7 cm³/mol. The zero-order valence-corrected chi connectivity index (χ0v) is 14.3. The van der Waals surface area contributed by atoms with Crippen LogP contribution in [0.25, 0.3) is 0 Å². The van der Waals surface area contributed by atoms with Gasteiger partial charge in [0.05, 0.1) is 20.0 Å². The Labute approximate surface area is 144 Å². The lowest BCUT2D eigenvalue weighted by molar-refractivity contribution is -0.128. The lowest BCUT2D eigenvalue weighted by Crippen LogP contribution is -2.27. The van der Waals surface area contributed by atoms with Crippen molar-refractivity contribution in [2.45, 2.75) is 11.9 Å². The van der Waals surface area contributed by atoms with Gasteiger partial charge in [0.25, 0.3) is 0 Å². The Hall–Kier alpha value is -2.21. The number of carbonyl (C=O) groups is 1. The first-order valence-corrected chi connectivity index (χ1v) is 8.54.